The van der Waals surface area contributed by atoms with Gasteiger partial charge in [-0.25, -0.2) is 8.78 Å². The number of alkyl halides is 2. The highest BCUT2D eigenvalue weighted by atomic mass is 19.3. The molecule has 0 spiro atoms. The fraction of sp³-hybridized carbons (Fsp3) is 1.00. The molecule has 0 aromatic carbocycles. The fourth-order valence-electron chi connectivity index (χ4n) is 2.73. The van der Waals surface area contributed by atoms with Crippen LogP contribution in [0.15, 0.2) is 0 Å². The average molecular weight is 262 g/mol. The molecule has 0 bridgehead atoms. The van der Waals surface area contributed by atoms with Crippen molar-refractivity contribution in [1.29, 1.82) is 0 Å². The molecule has 5 heteroatoms. The van der Waals surface area contributed by atoms with Crippen LogP contribution in [0.5, 0.6) is 0 Å². The molecule has 1 saturated carbocycles. The highest BCUT2D eigenvalue weighted by Crippen LogP contribution is 2.34. The van der Waals surface area contributed by atoms with Gasteiger partial charge in [0.15, 0.2) is 0 Å². The summed E-state index contributed by atoms with van der Waals surface area (Å²) in [4.78, 5) is 2.41. The van der Waals surface area contributed by atoms with Crippen LogP contribution in [0.3, 0.4) is 0 Å². The maximum atomic E-state index is 12.0. The Morgan fingerprint density at radius 3 is 2.78 bits per heavy atom. The Hall–Kier alpha value is -0.260. The van der Waals surface area contributed by atoms with Crippen molar-refractivity contribution in [2.75, 3.05) is 32.8 Å². The van der Waals surface area contributed by atoms with Gasteiger partial charge < -0.3 is 10.1 Å². The van der Waals surface area contributed by atoms with E-state index >= 15 is 0 Å². The zero-order valence-electron chi connectivity index (χ0n) is 11.1. The summed E-state index contributed by atoms with van der Waals surface area (Å²) in [7, 11) is 0. The van der Waals surface area contributed by atoms with E-state index in [-0.39, 0.29) is 0 Å². The summed E-state index contributed by atoms with van der Waals surface area (Å²) in [6.07, 6.45) is 1.42. The van der Waals surface area contributed by atoms with Crippen molar-refractivity contribution in [3.05, 3.63) is 0 Å². The molecule has 0 aromatic heterocycles. The van der Waals surface area contributed by atoms with Gasteiger partial charge in [0.05, 0.1) is 6.61 Å². The molecule has 2 atom stereocenters. The number of nitrogens with zero attached hydrogens (tertiary/aromatic N) is 1. The molecule has 2 unspecified atom stereocenters. The first-order valence-electron chi connectivity index (χ1n) is 7.04. The standard InChI is InChI=1S/C13H24F2N2O/c1-2-11-7-16-12(10-3-4-10)8-17(11)5-6-18-9-13(14)15/h10-13,16H,2-9H2,1H3. The minimum absolute atomic E-state index is 0.415. The predicted molar refractivity (Wildman–Crippen MR) is 67.0 cm³/mol. The lowest BCUT2D eigenvalue weighted by Gasteiger charge is -2.40. The summed E-state index contributed by atoms with van der Waals surface area (Å²) in [6, 6.07) is 1.12. The molecule has 106 valence electrons. The maximum Gasteiger partial charge on any atom is 0.261 e. The summed E-state index contributed by atoms with van der Waals surface area (Å²) in [5.41, 5.74) is 0. The van der Waals surface area contributed by atoms with Crippen LogP contribution in [0.25, 0.3) is 0 Å². The summed E-state index contributed by atoms with van der Waals surface area (Å²) >= 11 is 0. The lowest BCUT2D eigenvalue weighted by Crippen LogP contribution is -2.57. The number of hydrogen-bond donors (Lipinski definition) is 1. The lowest BCUT2D eigenvalue weighted by molar-refractivity contribution is 0.000465. The van der Waals surface area contributed by atoms with E-state index in [2.05, 4.69) is 17.1 Å². The average Bonchev–Trinajstić information content (AvgIpc) is 3.18. The van der Waals surface area contributed by atoms with Gasteiger partial charge in [-0.2, -0.15) is 0 Å². The molecular formula is C13H24F2N2O. The summed E-state index contributed by atoms with van der Waals surface area (Å²) in [5, 5.41) is 3.62. The first-order valence-corrected chi connectivity index (χ1v) is 7.04. The van der Waals surface area contributed by atoms with E-state index in [0.29, 0.717) is 18.7 Å². The largest absolute Gasteiger partial charge is 0.374 e. The fourth-order valence-corrected chi connectivity index (χ4v) is 2.73. The van der Waals surface area contributed by atoms with Crippen molar-refractivity contribution in [2.45, 2.75) is 44.7 Å². The molecule has 0 aromatic rings. The number of nitrogens with one attached hydrogen (secondary N) is 1. The Morgan fingerprint density at radius 2 is 2.17 bits per heavy atom. The molecule has 1 aliphatic carbocycles. The van der Waals surface area contributed by atoms with E-state index in [1.54, 1.807) is 0 Å². The third-order valence-corrected chi connectivity index (χ3v) is 3.99. The van der Waals surface area contributed by atoms with Crippen molar-refractivity contribution >= 4 is 0 Å². The number of rotatable bonds is 7. The Balaban J connectivity index is 1.71. The van der Waals surface area contributed by atoms with Gasteiger partial charge in [0.25, 0.3) is 6.43 Å². The Morgan fingerprint density at radius 1 is 1.39 bits per heavy atom. The summed E-state index contributed by atoms with van der Waals surface area (Å²) < 4.78 is 28.9. The quantitative estimate of drug-likeness (QED) is 0.707. The van der Waals surface area contributed by atoms with Gasteiger partial charge >= 0.3 is 0 Å². The molecule has 0 amide bonds. The Kier molecular flexibility index (Phi) is 5.33. The monoisotopic (exact) mass is 262 g/mol. The Labute approximate surface area is 108 Å². The molecule has 1 aliphatic heterocycles. The second kappa shape index (κ2) is 6.78. The van der Waals surface area contributed by atoms with Gasteiger partial charge in [-0.3, -0.25) is 4.90 Å². The Bertz CT molecular complexity index is 249. The van der Waals surface area contributed by atoms with Gasteiger partial charge in [0.1, 0.15) is 6.61 Å². The van der Waals surface area contributed by atoms with E-state index < -0.39 is 13.0 Å². The van der Waals surface area contributed by atoms with Crippen LogP contribution < -0.4 is 5.32 Å². The number of halogens is 2. The van der Waals surface area contributed by atoms with Crippen LogP contribution in [-0.4, -0.2) is 56.3 Å². The van der Waals surface area contributed by atoms with Crippen molar-refractivity contribution in [1.82, 2.24) is 10.2 Å². The minimum Gasteiger partial charge on any atom is -0.374 e. The highest BCUT2D eigenvalue weighted by molar-refractivity contribution is 4.94. The minimum atomic E-state index is -2.35. The molecule has 3 nitrogen and oxygen atoms in total. The van der Waals surface area contributed by atoms with E-state index in [0.717, 1.165) is 32.0 Å². The molecule has 18 heavy (non-hydrogen) atoms. The zero-order chi connectivity index (χ0) is 13.0. The van der Waals surface area contributed by atoms with Crippen LogP contribution in [0, 0.1) is 5.92 Å². The van der Waals surface area contributed by atoms with Crippen LogP contribution in [0.2, 0.25) is 0 Å². The molecule has 1 saturated heterocycles. The van der Waals surface area contributed by atoms with E-state index in [1.165, 1.54) is 12.8 Å². The molecule has 2 rings (SSSR count). The second-order valence-corrected chi connectivity index (χ2v) is 5.38. The first kappa shape index (κ1) is 14.2. The van der Waals surface area contributed by atoms with Crippen LogP contribution in [-0.2, 0) is 4.74 Å². The zero-order valence-corrected chi connectivity index (χ0v) is 11.1. The molecule has 1 heterocycles. The van der Waals surface area contributed by atoms with Gasteiger partial charge in [-0.1, -0.05) is 6.92 Å². The van der Waals surface area contributed by atoms with E-state index in [1.807, 2.05) is 0 Å². The smallest absolute Gasteiger partial charge is 0.261 e. The second-order valence-electron chi connectivity index (χ2n) is 5.38. The van der Waals surface area contributed by atoms with Crippen molar-refractivity contribution in [3.63, 3.8) is 0 Å². The van der Waals surface area contributed by atoms with Crippen molar-refractivity contribution in [2.24, 2.45) is 5.92 Å². The van der Waals surface area contributed by atoms with Gasteiger partial charge in [0, 0.05) is 31.7 Å². The van der Waals surface area contributed by atoms with Crippen molar-refractivity contribution in [3.8, 4) is 0 Å². The molecule has 2 aliphatic rings. The van der Waals surface area contributed by atoms with Crippen LogP contribution in [0.1, 0.15) is 26.2 Å². The van der Waals surface area contributed by atoms with E-state index in [9.17, 15) is 8.78 Å². The highest BCUT2D eigenvalue weighted by Gasteiger charge is 2.36. The molecule has 2 fully saturated rings. The maximum absolute atomic E-state index is 12.0. The van der Waals surface area contributed by atoms with Crippen LogP contribution in [0.4, 0.5) is 8.78 Å². The van der Waals surface area contributed by atoms with Gasteiger partial charge in [-0.05, 0) is 25.2 Å². The van der Waals surface area contributed by atoms with E-state index in [4.69, 9.17) is 4.74 Å². The van der Waals surface area contributed by atoms with Crippen LogP contribution >= 0.6 is 0 Å². The molecular weight excluding hydrogens is 238 g/mol. The molecule has 0 radical (unpaired) electrons. The van der Waals surface area contributed by atoms with Gasteiger partial charge in [-0.15, -0.1) is 0 Å². The summed E-state index contributed by atoms with van der Waals surface area (Å²) in [6.45, 7) is 4.99. The van der Waals surface area contributed by atoms with Crippen molar-refractivity contribution < 1.29 is 13.5 Å². The lowest BCUT2D eigenvalue weighted by atomic mass is 10.0. The van der Waals surface area contributed by atoms with Gasteiger partial charge in [0.2, 0.25) is 0 Å². The normalized spacial score (nSPS) is 30.0. The number of ether oxygens (including phenoxy) is 1. The SMILES string of the molecule is CCC1CNC(C2CC2)CN1CCOCC(F)F. The number of hydrogen-bond acceptors (Lipinski definition) is 3. The molecule has 1 N–H and O–H groups in total. The summed E-state index contributed by atoms with van der Waals surface area (Å²) in [5.74, 6) is 0.840. The topological polar surface area (TPSA) is 24.5 Å². The number of piperazine rings is 1. The third-order valence-electron chi connectivity index (χ3n) is 3.99. The first-order chi connectivity index (χ1) is 8.70. The predicted octanol–water partition coefficient (Wildman–Crippen LogP) is 1.73. The third kappa shape index (κ3) is 4.14.